The Morgan fingerprint density at radius 2 is 1.94 bits per heavy atom. The zero-order valence-corrected chi connectivity index (χ0v) is 10.3. The molecule has 0 aromatic heterocycles. The summed E-state index contributed by atoms with van der Waals surface area (Å²) in [5, 5.41) is 9.18. The molecule has 2 nitrogen and oxygen atoms in total. The molecule has 0 saturated heterocycles. The van der Waals surface area contributed by atoms with E-state index in [1.165, 1.54) is 18.2 Å². The summed E-state index contributed by atoms with van der Waals surface area (Å²) in [6.07, 6.45) is 0. The van der Waals surface area contributed by atoms with Crippen LogP contribution in [0.3, 0.4) is 0 Å². The predicted molar refractivity (Wildman–Crippen MR) is 68.5 cm³/mol. The number of halogens is 2. The molecule has 2 aromatic rings. The minimum atomic E-state index is -1.03. The topological polar surface area (TPSA) is 37.3 Å². The van der Waals surface area contributed by atoms with Gasteiger partial charge in [0.1, 0.15) is 5.82 Å². The molecule has 0 spiro atoms. The smallest absolute Gasteiger partial charge is 0.335 e. The zero-order valence-electron chi connectivity index (χ0n) is 9.58. The maximum Gasteiger partial charge on any atom is 0.335 e. The third-order valence-electron chi connectivity index (χ3n) is 2.68. The van der Waals surface area contributed by atoms with Crippen molar-refractivity contribution in [3.63, 3.8) is 0 Å². The second kappa shape index (κ2) is 4.78. The van der Waals surface area contributed by atoms with Crippen molar-refractivity contribution < 1.29 is 14.3 Å². The second-order valence-electron chi connectivity index (χ2n) is 3.96. The first-order chi connectivity index (χ1) is 8.49. The summed E-state index contributed by atoms with van der Waals surface area (Å²) < 4.78 is 13.2. The van der Waals surface area contributed by atoms with Crippen LogP contribution >= 0.6 is 11.6 Å². The summed E-state index contributed by atoms with van der Waals surface area (Å²) in [6, 6.07) is 9.14. The highest BCUT2D eigenvalue weighted by Crippen LogP contribution is 2.29. The average molecular weight is 265 g/mol. The summed E-state index contributed by atoms with van der Waals surface area (Å²) in [5.74, 6) is -1.31. The molecule has 0 aliphatic rings. The SMILES string of the molecule is Cc1cc(-c2ccc(C(=O)O)cc2Cl)ccc1F. The molecule has 92 valence electrons. The number of hydrogen-bond acceptors (Lipinski definition) is 1. The van der Waals surface area contributed by atoms with Gasteiger partial charge in [-0.3, -0.25) is 0 Å². The molecular weight excluding hydrogens is 255 g/mol. The summed E-state index contributed by atoms with van der Waals surface area (Å²) in [7, 11) is 0. The molecule has 1 N–H and O–H groups in total. The van der Waals surface area contributed by atoms with Gasteiger partial charge in [-0.05, 0) is 42.3 Å². The van der Waals surface area contributed by atoms with Gasteiger partial charge in [-0.2, -0.15) is 0 Å². The highest BCUT2D eigenvalue weighted by atomic mass is 35.5. The Kier molecular flexibility index (Phi) is 3.34. The summed E-state index contributed by atoms with van der Waals surface area (Å²) >= 11 is 6.04. The number of aromatic carboxylic acids is 1. The number of carboxylic acid groups (broad SMARTS) is 1. The van der Waals surface area contributed by atoms with E-state index in [1.807, 2.05) is 0 Å². The molecule has 0 amide bonds. The van der Waals surface area contributed by atoms with Gasteiger partial charge in [-0.25, -0.2) is 9.18 Å². The van der Waals surface area contributed by atoms with Crippen molar-refractivity contribution in [1.29, 1.82) is 0 Å². The van der Waals surface area contributed by atoms with Crippen LogP contribution in [0.25, 0.3) is 11.1 Å². The van der Waals surface area contributed by atoms with Crippen molar-refractivity contribution in [3.8, 4) is 11.1 Å². The first-order valence-electron chi connectivity index (χ1n) is 5.28. The molecule has 4 heteroatoms. The standard InChI is InChI=1S/C14H10ClFO2/c1-8-6-9(3-5-13(8)16)11-4-2-10(14(17)18)7-12(11)15/h2-7H,1H3,(H,17,18). The molecule has 0 fully saturated rings. The van der Waals surface area contributed by atoms with E-state index in [1.54, 1.807) is 25.1 Å². The highest BCUT2D eigenvalue weighted by molar-refractivity contribution is 6.33. The van der Waals surface area contributed by atoms with Crippen LogP contribution in [0.15, 0.2) is 36.4 Å². The molecule has 0 saturated carbocycles. The number of carbonyl (C=O) groups is 1. The maximum atomic E-state index is 13.2. The third-order valence-corrected chi connectivity index (χ3v) is 3.00. The van der Waals surface area contributed by atoms with Crippen molar-refractivity contribution in [2.24, 2.45) is 0 Å². The van der Waals surface area contributed by atoms with E-state index in [9.17, 15) is 9.18 Å². The van der Waals surface area contributed by atoms with Gasteiger partial charge in [0.2, 0.25) is 0 Å². The average Bonchev–Trinajstić information content (AvgIpc) is 2.32. The highest BCUT2D eigenvalue weighted by Gasteiger charge is 2.09. The van der Waals surface area contributed by atoms with Crippen molar-refractivity contribution >= 4 is 17.6 Å². The van der Waals surface area contributed by atoms with Gasteiger partial charge >= 0.3 is 5.97 Å². The number of hydrogen-bond donors (Lipinski definition) is 1. The van der Waals surface area contributed by atoms with E-state index in [2.05, 4.69) is 0 Å². The quantitative estimate of drug-likeness (QED) is 0.885. The summed E-state index contributed by atoms with van der Waals surface area (Å²) in [4.78, 5) is 10.8. The Morgan fingerprint density at radius 3 is 2.50 bits per heavy atom. The van der Waals surface area contributed by atoms with Gasteiger partial charge in [0.25, 0.3) is 0 Å². The number of aryl methyl sites for hydroxylation is 1. The molecule has 0 aliphatic heterocycles. The van der Waals surface area contributed by atoms with Gasteiger partial charge in [0.05, 0.1) is 5.56 Å². The third kappa shape index (κ3) is 2.36. The first-order valence-corrected chi connectivity index (χ1v) is 5.66. The van der Waals surface area contributed by atoms with E-state index in [-0.39, 0.29) is 11.4 Å². The summed E-state index contributed by atoms with van der Waals surface area (Å²) in [5.41, 5.74) is 2.09. The first kappa shape index (κ1) is 12.6. The van der Waals surface area contributed by atoms with E-state index in [0.717, 1.165) is 5.56 Å². The molecule has 0 heterocycles. The van der Waals surface area contributed by atoms with Crippen molar-refractivity contribution in [3.05, 3.63) is 58.4 Å². The lowest BCUT2D eigenvalue weighted by atomic mass is 10.0. The normalized spacial score (nSPS) is 10.4. The van der Waals surface area contributed by atoms with Crippen LogP contribution in [0.5, 0.6) is 0 Å². The van der Waals surface area contributed by atoms with Crippen LogP contribution in [0.4, 0.5) is 4.39 Å². The zero-order chi connectivity index (χ0) is 13.3. The van der Waals surface area contributed by atoms with Crippen LogP contribution in [0, 0.1) is 12.7 Å². The fourth-order valence-electron chi connectivity index (χ4n) is 1.69. The summed E-state index contributed by atoms with van der Waals surface area (Å²) in [6.45, 7) is 1.67. The van der Waals surface area contributed by atoms with E-state index < -0.39 is 5.97 Å². The Bertz CT molecular complexity index is 623. The molecular formula is C14H10ClFO2. The Balaban J connectivity index is 2.51. The molecule has 2 rings (SSSR count). The van der Waals surface area contributed by atoms with E-state index in [4.69, 9.17) is 16.7 Å². The van der Waals surface area contributed by atoms with E-state index in [0.29, 0.717) is 16.1 Å². The molecule has 2 aromatic carbocycles. The van der Waals surface area contributed by atoms with Crippen molar-refractivity contribution in [2.45, 2.75) is 6.92 Å². The number of carboxylic acids is 1. The fraction of sp³-hybridized carbons (Fsp3) is 0.0714. The second-order valence-corrected chi connectivity index (χ2v) is 4.37. The molecule has 0 unspecified atom stereocenters. The van der Waals surface area contributed by atoms with Gasteiger partial charge in [-0.15, -0.1) is 0 Å². The molecule has 0 radical (unpaired) electrons. The van der Waals surface area contributed by atoms with E-state index >= 15 is 0 Å². The van der Waals surface area contributed by atoms with Gasteiger partial charge in [-0.1, -0.05) is 23.7 Å². The Labute approximate surface area is 109 Å². The van der Waals surface area contributed by atoms with Crippen LogP contribution in [0.2, 0.25) is 5.02 Å². The minimum absolute atomic E-state index is 0.127. The largest absolute Gasteiger partial charge is 0.478 e. The number of benzene rings is 2. The lowest BCUT2D eigenvalue weighted by molar-refractivity contribution is 0.0697. The fourth-order valence-corrected chi connectivity index (χ4v) is 1.98. The van der Waals surface area contributed by atoms with Gasteiger partial charge in [0.15, 0.2) is 0 Å². The Morgan fingerprint density at radius 1 is 1.22 bits per heavy atom. The Hall–Kier alpha value is -1.87. The molecule has 0 bridgehead atoms. The van der Waals surface area contributed by atoms with Crippen LogP contribution in [-0.2, 0) is 0 Å². The van der Waals surface area contributed by atoms with Crippen molar-refractivity contribution in [2.75, 3.05) is 0 Å². The lowest BCUT2D eigenvalue weighted by Crippen LogP contribution is -1.96. The van der Waals surface area contributed by atoms with Crippen LogP contribution < -0.4 is 0 Å². The minimum Gasteiger partial charge on any atom is -0.478 e. The van der Waals surface area contributed by atoms with Gasteiger partial charge in [0, 0.05) is 10.6 Å². The number of rotatable bonds is 2. The van der Waals surface area contributed by atoms with Crippen LogP contribution in [0.1, 0.15) is 15.9 Å². The van der Waals surface area contributed by atoms with Crippen LogP contribution in [-0.4, -0.2) is 11.1 Å². The predicted octanol–water partition coefficient (Wildman–Crippen LogP) is 4.15. The van der Waals surface area contributed by atoms with Gasteiger partial charge < -0.3 is 5.11 Å². The lowest BCUT2D eigenvalue weighted by Gasteiger charge is -2.07. The monoisotopic (exact) mass is 264 g/mol. The van der Waals surface area contributed by atoms with Crippen molar-refractivity contribution in [1.82, 2.24) is 0 Å². The molecule has 0 atom stereocenters. The maximum absolute atomic E-state index is 13.2. The molecule has 18 heavy (non-hydrogen) atoms. The molecule has 0 aliphatic carbocycles.